The van der Waals surface area contributed by atoms with Gasteiger partial charge >= 0.3 is 0 Å². The van der Waals surface area contributed by atoms with Crippen molar-refractivity contribution >= 4 is 15.9 Å². The maximum atomic E-state index is 11.7. The average Bonchev–Trinajstić information content (AvgIpc) is 2.96. The molecule has 1 amide bonds. The molecule has 6 nitrogen and oxygen atoms in total. The monoisotopic (exact) mass is 286 g/mol. The number of nitrogens with zero attached hydrogens (tertiary/aromatic N) is 1. The van der Waals surface area contributed by atoms with E-state index in [-0.39, 0.29) is 25.4 Å². The summed E-state index contributed by atoms with van der Waals surface area (Å²) in [6, 6.07) is 3.71. The summed E-state index contributed by atoms with van der Waals surface area (Å²) in [4.78, 5) is 11.6. The third-order valence-corrected chi connectivity index (χ3v) is 4.16. The van der Waals surface area contributed by atoms with Crippen LogP contribution in [0.1, 0.15) is 25.0 Å². The highest BCUT2D eigenvalue weighted by Crippen LogP contribution is 2.18. The van der Waals surface area contributed by atoms with E-state index in [0.29, 0.717) is 11.8 Å². The van der Waals surface area contributed by atoms with Crippen LogP contribution in [0.15, 0.2) is 22.8 Å². The maximum Gasteiger partial charge on any atom is 0.221 e. The second-order valence-corrected chi connectivity index (χ2v) is 6.75. The number of hydrogen-bond acceptors (Lipinski definition) is 4. The van der Waals surface area contributed by atoms with E-state index in [1.807, 2.05) is 0 Å². The Balaban J connectivity index is 1.88. The molecule has 7 heteroatoms. The first-order chi connectivity index (χ1) is 8.95. The van der Waals surface area contributed by atoms with Crippen molar-refractivity contribution in [2.75, 3.05) is 12.8 Å². The summed E-state index contributed by atoms with van der Waals surface area (Å²) >= 11 is 0. The topological polar surface area (TPSA) is 79.6 Å². The molecular weight excluding hydrogens is 268 g/mol. The predicted molar refractivity (Wildman–Crippen MR) is 69.7 cm³/mol. The van der Waals surface area contributed by atoms with E-state index >= 15 is 0 Å². The molecule has 2 rings (SSSR count). The number of carbonyl (C=O) groups is 1. The van der Waals surface area contributed by atoms with Crippen LogP contribution in [-0.2, 0) is 21.4 Å². The molecular formula is C12H18N2O4S. The molecule has 0 bridgehead atoms. The number of carbonyl (C=O) groups excluding carboxylic acids is 1. The molecule has 1 aromatic heterocycles. The molecule has 1 saturated carbocycles. The molecule has 1 aliphatic carbocycles. The fraction of sp³-hybridized carbons (Fsp3) is 0.583. The van der Waals surface area contributed by atoms with Gasteiger partial charge in [-0.15, -0.1) is 0 Å². The third-order valence-electron chi connectivity index (χ3n) is 2.91. The number of rotatable bonds is 7. The number of amides is 1. The highest BCUT2D eigenvalue weighted by molar-refractivity contribution is 7.88. The van der Waals surface area contributed by atoms with Gasteiger partial charge in [0, 0.05) is 19.0 Å². The molecule has 1 heterocycles. The molecule has 106 valence electrons. The molecule has 19 heavy (non-hydrogen) atoms. The molecule has 1 N–H and O–H groups in total. The van der Waals surface area contributed by atoms with Crippen LogP contribution < -0.4 is 5.32 Å². The molecule has 0 unspecified atom stereocenters. The van der Waals surface area contributed by atoms with Gasteiger partial charge in [0.25, 0.3) is 0 Å². The third kappa shape index (κ3) is 4.68. The van der Waals surface area contributed by atoms with Crippen molar-refractivity contribution in [3.63, 3.8) is 0 Å². The Morgan fingerprint density at radius 1 is 1.53 bits per heavy atom. The zero-order valence-electron chi connectivity index (χ0n) is 10.8. The van der Waals surface area contributed by atoms with Crippen molar-refractivity contribution in [1.82, 2.24) is 9.62 Å². The van der Waals surface area contributed by atoms with Gasteiger partial charge in [0.1, 0.15) is 5.76 Å². The van der Waals surface area contributed by atoms with Crippen LogP contribution in [0.3, 0.4) is 0 Å². The van der Waals surface area contributed by atoms with E-state index in [9.17, 15) is 13.2 Å². The lowest BCUT2D eigenvalue weighted by molar-refractivity contribution is -0.121. The summed E-state index contributed by atoms with van der Waals surface area (Å²) < 4.78 is 29.7. The predicted octanol–water partition coefficient (Wildman–Crippen LogP) is 0.710. The van der Waals surface area contributed by atoms with Gasteiger partial charge in [0.05, 0.1) is 19.1 Å². The Labute approximate surface area is 112 Å². The van der Waals surface area contributed by atoms with Gasteiger partial charge < -0.3 is 9.73 Å². The molecule has 1 aliphatic rings. The van der Waals surface area contributed by atoms with Crippen LogP contribution in [-0.4, -0.2) is 37.5 Å². The van der Waals surface area contributed by atoms with Gasteiger partial charge in [0.15, 0.2) is 0 Å². The molecule has 0 radical (unpaired) electrons. The molecule has 1 fully saturated rings. The lowest BCUT2D eigenvalue weighted by Gasteiger charge is -2.18. The van der Waals surface area contributed by atoms with E-state index in [1.165, 1.54) is 10.6 Å². The SMILES string of the molecule is CS(=O)(=O)N(CCC(=O)NC1CC1)Cc1ccco1. The van der Waals surface area contributed by atoms with Crippen molar-refractivity contribution in [3.05, 3.63) is 24.2 Å². The average molecular weight is 286 g/mol. The highest BCUT2D eigenvalue weighted by Gasteiger charge is 2.24. The Morgan fingerprint density at radius 3 is 2.79 bits per heavy atom. The van der Waals surface area contributed by atoms with Crippen molar-refractivity contribution < 1.29 is 17.6 Å². The van der Waals surface area contributed by atoms with Gasteiger partial charge in [-0.05, 0) is 25.0 Å². The van der Waals surface area contributed by atoms with E-state index in [1.54, 1.807) is 12.1 Å². The van der Waals surface area contributed by atoms with Crippen LogP contribution in [0.5, 0.6) is 0 Å². The lowest BCUT2D eigenvalue weighted by atomic mass is 10.3. The lowest BCUT2D eigenvalue weighted by Crippen LogP contribution is -2.34. The van der Waals surface area contributed by atoms with Crippen LogP contribution in [0, 0.1) is 0 Å². The van der Waals surface area contributed by atoms with Gasteiger partial charge in [0.2, 0.25) is 15.9 Å². The second-order valence-electron chi connectivity index (χ2n) is 4.77. The fourth-order valence-electron chi connectivity index (χ4n) is 1.69. The van der Waals surface area contributed by atoms with Crippen LogP contribution in [0.25, 0.3) is 0 Å². The second kappa shape index (κ2) is 5.75. The Kier molecular flexibility index (Phi) is 4.26. The number of sulfonamides is 1. The number of hydrogen-bond donors (Lipinski definition) is 1. The van der Waals surface area contributed by atoms with Crippen LogP contribution in [0.4, 0.5) is 0 Å². The summed E-state index contributed by atoms with van der Waals surface area (Å²) in [6.45, 7) is 0.320. The van der Waals surface area contributed by atoms with Gasteiger partial charge in [-0.1, -0.05) is 0 Å². The Hall–Kier alpha value is -1.34. The molecule has 0 spiro atoms. The number of furan rings is 1. The zero-order chi connectivity index (χ0) is 13.9. The highest BCUT2D eigenvalue weighted by atomic mass is 32.2. The quantitative estimate of drug-likeness (QED) is 0.800. The largest absolute Gasteiger partial charge is 0.468 e. The maximum absolute atomic E-state index is 11.7. The summed E-state index contributed by atoms with van der Waals surface area (Å²) in [7, 11) is -3.36. The minimum absolute atomic E-state index is 0.101. The Bertz CT molecular complexity index is 520. The molecule has 1 aromatic rings. The van der Waals surface area contributed by atoms with Crippen molar-refractivity contribution in [3.8, 4) is 0 Å². The summed E-state index contributed by atoms with van der Waals surface area (Å²) in [5.41, 5.74) is 0. The smallest absolute Gasteiger partial charge is 0.221 e. The summed E-state index contributed by atoms with van der Waals surface area (Å²) in [5, 5.41) is 2.84. The number of nitrogens with one attached hydrogen (secondary N) is 1. The summed E-state index contributed by atoms with van der Waals surface area (Å²) in [5.74, 6) is 0.462. The first kappa shape index (κ1) is 14.1. The van der Waals surface area contributed by atoms with Crippen LogP contribution >= 0.6 is 0 Å². The van der Waals surface area contributed by atoms with Gasteiger partial charge in [-0.3, -0.25) is 4.79 Å². The summed E-state index contributed by atoms with van der Waals surface area (Å²) in [6.07, 6.45) is 4.84. The standard InChI is InChI=1S/C12H18N2O4S/c1-19(16,17)14(9-11-3-2-8-18-11)7-6-12(15)13-10-4-5-10/h2-3,8,10H,4-7,9H2,1H3,(H,13,15). The van der Waals surface area contributed by atoms with E-state index in [0.717, 1.165) is 19.1 Å². The van der Waals surface area contributed by atoms with Gasteiger partial charge in [-0.25, -0.2) is 8.42 Å². The van der Waals surface area contributed by atoms with Crippen molar-refractivity contribution in [1.29, 1.82) is 0 Å². The fourth-order valence-corrected chi connectivity index (χ4v) is 2.48. The van der Waals surface area contributed by atoms with E-state index in [4.69, 9.17) is 4.42 Å². The van der Waals surface area contributed by atoms with E-state index < -0.39 is 10.0 Å². The molecule has 0 saturated heterocycles. The Morgan fingerprint density at radius 2 is 2.26 bits per heavy atom. The van der Waals surface area contributed by atoms with Gasteiger partial charge in [-0.2, -0.15) is 4.31 Å². The zero-order valence-corrected chi connectivity index (χ0v) is 11.6. The van der Waals surface area contributed by atoms with Crippen LogP contribution in [0.2, 0.25) is 0 Å². The van der Waals surface area contributed by atoms with E-state index in [2.05, 4.69) is 5.32 Å². The molecule has 0 aliphatic heterocycles. The normalized spacial score (nSPS) is 15.7. The minimum Gasteiger partial charge on any atom is -0.468 e. The molecule has 0 atom stereocenters. The first-order valence-corrected chi connectivity index (χ1v) is 8.07. The van der Waals surface area contributed by atoms with Crippen molar-refractivity contribution in [2.24, 2.45) is 0 Å². The van der Waals surface area contributed by atoms with Crippen molar-refractivity contribution in [2.45, 2.75) is 31.8 Å². The first-order valence-electron chi connectivity index (χ1n) is 6.22. The molecule has 0 aromatic carbocycles. The minimum atomic E-state index is -3.36.